The summed E-state index contributed by atoms with van der Waals surface area (Å²) < 4.78 is 24.9. The third-order valence-electron chi connectivity index (χ3n) is 2.51. The second kappa shape index (κ2) is 3.95. The van der Waals surface area contributed by atoms with Crippen LogP contribution < -0.4 is 5.73 Å². The Morgan fingerprint density at radius 2 is 1.60 bits per heavy atom. The van der Waals surface area contributed by atoms with E-state index in [9.17, 15) is 8.78 Å². The van der Waals surface area contributed by atoms with Crippen LogP contribution in [0.2, 0.25) is 0 Å². The average Bonchev–Trinajstić information content (AvgIpc) is 2.27. The highest BCUT2D eigenvalue weighted by atomic mass is 19.3. The van der Waals surface area contributed by atoms with E-state index in [0.29, 0.717) is 5.56 Å². The molecule has 78 valence electrons. The standard InChI is InChI=1S/C12H11F2N/c13-12(14)11(15)10-6-5-8-3-1-2-4-9(8)7-10/h1-7,11-12H,15H2/p+1/t11-/m0/s1. The minimum atomic E-state index is -2.41. The first-order valence-corrected chi connectivity index (χ1v) is 4.78. The molecule has 0 fully saturated rings. The molecular formula is C12H12F2N+. The predicted octanol–water partition coefficient (Wildman–Crippen LogP) is 2.39. The molecule has 0 bridgehead atoms. The van der Waals surface area contributed by atoms with Crippen molar-refractivity contribution < 1.29 is 14.5 Å². The summed E-state index contributed by atoms with van der Waals surface area (Å²) in [5.74, 6) is 0. The molecule has 0 aliphatic carbocycles. The molecule has 0 amide bonds. The summed E-state index contributed by atoms with van der Waals surface area (Å²) in [6.07, 6.45) is -2.41. The summed E-state index contributed by atoms with van der Waals surface area (Å²) >= 11 is 0. The van der Waals surface area contributed by atoms with Gasteiger partial charge in [-0.15, -0.1) is 0 Å². The highest BCUT2D eigenvalue weighted by molar-refractivity contribution is 5.83. The lowest BCUT2D eigenvalue weighted by molar-refractivity contribution is -0.449. The van der Waals surface area contributed by atoms with Crippen LogP contribution in [0.1, 0.15) is 11.6 Å². The molecule has 0 unspecified atom stereocenters. The van der Waals surface area contributed by atoms with Crippen LogP contribution in [-0.4, -0.2) is 6.43 Å². The number of quaternary nitrogens is 1. The Balaban J connectivity index is 2.47. The summed E-state index contributed by atoms with van der Waals surface area (Å²) in [5.41, 5.74) is 4.05. The Kier molecular flexibility index (Phi) is 2.64. The maximum atomic E-state index is 12.5. The number of benzene rings is 2. The maximum absolute atomic E-state index is 12.5. The first-order chi connectivity index (χ1) is 7.18. The molecule has 0 saturated heterocycles. The van der Waals surface area contributed by atoms with Crippen molar-refractivity contribution >= 4 is 10.8 Å². The molecular weight excluding hydrogens is 196 g/mol. The summed E-state index contributed by atoms with van der Waals surface area (Å²) in [6.45, 7) is 0. The van der Waals surface area contributed by atoms with E-state index >= 15 is 0 Å². The molecule has 0 aliphatic heterocycles. The summed E-state index contributed by atoms with van der Waals surface area (Å²) in [7, 11) is 0. The lowest BCUT2D eigenvalue weighted by Gasteiger charge is -2.08. The van der Waals surface area contributed by atoms with Gasteiger partial charge in [0.15, 0.2) is 6.04 Å². The fourth-order valence-electron chi connectivity index (χ4n) is 1.58. The van der Waals surface area contributed by atoms with Crippen LogP contribution in [-0.2, 0) is 0 Å². The molecule has 2 aromatic carbocycles. The van der Waals surface area contributed by atoms with Gasteiger partial charge < -0.3 is 5.73 Å². The van der Waals surface area contributed by atoms with Crippen molar-refractivity contribution in [2.24, 2.45) is 0 Å². The van der Waals surface area contributed by atoms with Gasteiger partial charge in [0.05, 0.1) is 0 Å². The number of hydrogen-bond acceptors (Lipinski definition) is 0. The lowest BCUT2D eigenvalue weighted by atomic mass is 10.0. The third kappa shape index (κ3) is 1.97. The highest BCUT2D eigenvalue weighted by Gasteiger charge is 2.21. The van der Waals surface area contributed by atoms with Crippen molar-refractivity contribution in [1.82, 2.24) is 0 Å². The topological polar surface area (TPSA) is 27.6 Å². The first-order valence-electron chi connectivity index (χ1n) is 4.78. The van der Waals surface area contributed by atoms with Crippen molar-refractivity contribution in [2.45, 2.75) is 12.5 Å². The van der Waals surface area contributed by atoms with E-state index in [0.717, 1.165) is 10.8 Å². The van der Waals surface area contributed by atoms with Crippen LogP contribution in [0.3, 0.4) is 0 Å². The van der Waals surface area contributed by atoms with Gasteiger partial charge in [-0.2, -0.15) is 0 Å². The van der Waals surface area contributed by atoms with Crippen molar-refractivity contribution in [3.63, 3.8) is 0 Å². The fourth-order valence-corrected chi connectivity index (χ4v) is 1.58. The van der Waals surface area contributed by atoms with Gasteiger partial charge >= 0.3 is 0 Å². The molecule has 0 saturated carbocycles. The van der Waals surface area contributed by atoms with Crippen LogP contribution in [0.15, 0.2) is 42.5 Å². The SMILES string of the molecule is [NH3+][C@@H](c1ccc2ccccc2c1)C(F)F. The fraction of sp³-hybridized carbons (Fsp3) is 0.167. The van der Waals surface area contributed by atoms with Crippen LogP contribution in [0.25, 0.3) is 10.8 Å². The van der Waals surface area contributed by atoms with E-state index in [1.807, 2.05) is 30.3 Å². The van der Waals surface area contributed by atoms with Crippen molar-refractivity contribution in [1.29, 1.82) is 0 Å². The maximum Gasteiger partial charge on any atom is 0.293 e. The Hall–Kier alpha value is -1.48. The zero-order valence-corrected chi connectivity index (χ0v) is 8.16. The molecule has 2 aromatic rings. The predicted molar refractivity (Wildman–Crippen MR) is 55.6 cm³/mol. The Morgan fingerprint density at radius 3 is 2.27 bits per heavy atom. The van der Waals surface area contributed by atoms with E-state index in [4.69, 9.17) is 0 Å². The molecule has 0 aliphatic rings. The molecule has 1 nitrogen and oxygen atoms in total. The third-order valence-corrected chi connectivity index (χ3v) is 2.51. The smallest absolute Gasteiger partial charge is 0.293 e. The van der Waals surface area contributed by atoms with Gasteiger partial charge in [-0.1, -0.05) is 36.4 Å². The van der Waals surface area contributed by atoms with Crippen LogP contribution >= 0.6 is 0 Å². The number of alkyl halides is 2. The van der Waals surface area contributed by atoms with Crippen LogP contribution in [0.5, 0.6) is 0 Å². The number of hydrogen-bond donors (Lipinski definition) is 1. The molecule has 0 radical (unpaired) electrons. The normalized spacial score (nSPS) is 13.3. The summed E-state index contributed by atoms with van der Waals surface area (Å²) in [4.78, 5) is 0. The van der Waals surface area contributed by atoms with Crippen LogP contribution in [0, 0.1) is 0 Å². The number of fused-ring (bicyclic) bond motifs is 1. The average molecular weight is 208 g/mol. The molecule has 2 rings (SSSR count). The Bertz CT molecular complexity index is 468. The minimum Gasteiger partial charge on any atom is -0.347 e. The van der Waals surface area contributed by atoms with E-state index in [1.54, 1.807) is 12.1 Å². The van der Waals surface area contributed by atoms with Gasteiger partial charge in [-0.25, -0.2) is 8.78 Å². The Morgan fingerprint density at radius 1 is 0.933 bits per heavy atom. The largest absolute Gasteiger partial charge is 0.347 e. The molecule has 0 aromatic heterocycles. The van der Waals surface area contributed by atoms with Gasteiger partial charge in [0, 0.05) is 5.56 Å². The van der Waals surface area contributed by atoms with Crippen molar-refractivity contribution in [3.8, 4) is 0 Å². The first kappa shape index (κ1) is 10.1. The zero-order valence-electron chi connectivity index (χ0n) is 8.16. The van der Waals surface area contributed by atoms with Crippen LogP contribution in [0.4, 0.5) is 8.78 Å². The van der Waals surface area contributed by atoms with E-state index in [-0.39, 0.29) is 0 Å². The monoisotopic (exact) mass is 208 g/mol. The lowest BCUT2D eigenvalue weighted by Crippen LogP contribution is -2.56. The summed E-state index contributed by atoms with van der Waals surface area (Å²) in [6, 6.07) is 12.1. The van der Waals surface area contributed by atoms with E-state index in [2.05, 4.69) is 5.73 Å². The second-order valence-corrected chi connectivity index (χ2v) is 3.55. The molecule has 3 heteroatoms. The highest BCUT2D eigenvalue weighted by Crippen LogP contribution is 2.21. The number of rotatable bonds is 2. The molecule has 0 heterocycles. The van der Waals surface area contributed by atoms with Gasteiger partial charge in [0.1, 0.15) is 0 Å². The van der Waals surface area contributed by atoms with E-state index < -0.39 is 12.5 Å². The zero-order chi connectivity index (χ0) is 10.8. The van der Waals surface area contributed by atoms with Gasteiger partial charge in [0.25, 0.3) is 6.43 Å². The quantitative estimate of drug-likeness (QED) is 0.784. The molecule has 15 heavy (non-hydrogen) atoms. The molecule has 3 N–H and O–H groups in total. The Labute approximate surface area is 86.5 Å². The van der Waals surface area contributed by atoms with Crippen molar-refractivity contribution in [2.75, 3.05) is 0 Å². The summed E-state index contributed by atoms with van der Waals surface area (Å²) in [5, 5.41) is 2.03. The van der Waals surface area contributed by atoms with Crippen molar-refractivity contribution in [3.05, 3.63) is 48.0 Å². The number of halogens is 2. The molecule has 1 atom stereocenters. The van der Waals surface area contributed by atoms with Gasteiger partial charge in [-0.3, -0.25) is 0 Å². The minimum absolute atomic E-state index is 0.587. The van der Waals surface area contributed by atoms with E-state index in [1.165, 1.54) is 0 Å². The van der Waals surface area contributed by atoms with Gasteiger partial charge in [0.2, 0.25) is 0 Å². The van der Waals surface area contributed by atoms with Gasteiger partial charge in [-0.05, 0) is 16.8 Å². The molecule has 0 spiro atoms. The second-order valence-electron chi connectivity index (χ2n) is 3.55.